The fourth-order valence-electron chi connectivity index (χ4n) is 2.17. The van der Waals surface area contributed by atoms with Crippen LogP contribution in [0.1, 0.15) is 33.6 Å². The van der Waals surface area contributed by atoms with Crippen LogP contribution in [0.5, 0.6) is 0 Å². The van der Waals surface area contributed by atoms with Gasteiger partial charge in [0.25, 0.3) is 0 Å². The molecule has 2 rings (SSSR count). The summed E-state index contributed by atoms with van der Waals surface area (Å²) >= 11 is 0. The molecule has 1 fully saturated rings. The van der Waals surface area contributed by atoms with Crippen LogP contribution in [0.3, 0.4) is 0 Å². The number of oxime groups is 1. The van der Waals surface area contributed by atoms with E-state index in [2.05, 4.69) is 5.16 Å². The van der Waals surface area contributed by atoms with E-state index in [0.29, 0.717) is 12.5 Å². The number of hydrogen-bond donors (Lipinski definition) is 0. The summed E-state index contributed by atoms with van der Waals surface area (Å²) in [6.07, 6.45) is 3.53. The number of rotatable bonds is 1. The Morgan fingerprint density at radius 3 is 2.88 bits per heavy atom. The van der Waals surface area contributed by atoms with Crippen LogP contribution >= 0.6 is 0 Å². The van der Waals surface area contributed by atoms with E-state index in [1.165, 1.54) is 0 Å². The van der Waals surface area contributed by atoms with Crippen molar-refractivity contribution in [2.45, 2.75) is 45.3 Å². The number of amides is 1. The van der Waals surface area contributed by atoms with Crippen molar-refractivity contribution in [1.82, 2.24) is 4.90 Å². The number of carbonyl (C=O) groups is 1. The summed E-state index contributed by atoms with van der Waals surface area (Å²) in [5.74, 6) is 0.380. The second kappa shape index (κ2) is 4.55. The first-order chi connectivity index (χ1) is 7.96. The standard InChI is InChI=1S/C12H20N2O3/c1-12(2,3)16-11(15)14-7-5-9(8-14)10-4-6-13-17-10/h6,9-10H,4-5,7-8H2,1-3H3. The highest BCUT2D eigenvalue weighted by atomic mass is 16.6. The van der Waals surface area contributed by atoms with Gasteiger partial charge in [-0.05, 0) is 27.2 Å². The van der Waals surface area contributed by atoms with E-state index in [1.807, 2.05) is 20.8 Å². The lowest BCUT2D eigenvalue weighted by molar-refractivity contribution is 0.0219. The van der Waals surface area contributed by atoms with E-state index >= 15 is 0 Å². The molecule has 0 aliphatic carbocycles. The minimum atomic E-state index is -0.428. The molecular weight excluding hydrogens is 220 g/mol. The topological polar surface area (TPSA) is 51.1 Å². The summed E-state index contributed by atoms with van der Waals surface area (Å²) in [4.78, 5) is 18.9. The summed E-state index contributed by atoms with van der Waals surface area (Å²) < 4.78 is 5.35. The zero-order chi connectivity index (χ0) is 12.5. The molecule has 0 saturated carbocycles. The molecule has 0 bridgehead atoms. The van der Waals surface area contributed by atoms with Crippen molar-refractivity contribution in [1.29, 1.82) is 0 Å². The van der Waals surface area contributed by atoms with Gasteiger partial charge in [-0.3, -0.25) is 0 Å². The quantitative estimate of drug-likeness (QED) is 0.704. The number of likely N-dealkylation sites (tertiary alicyclic amines) is 1. The third kappa shape index (κ3) is 3.11. The molecule has 0 N–H and O–H groups in total. The molecule has 2 aliphatic rings. The van der Waals surface area contributed by atoms with E-state index < -0.39 is 5.60 Å². The average molecular weight is 240 g/mol. The zero-order valence-corrected chi connectivity index (χ0v) is 10.7. The predicted molar refractivity (Wildman–Crippen MR) is 63.9 cm³/mol. The van der Waals surface area contributed by atoms with Crippen LogP contribution in [0.2, 0.25) is 0 Å². The van der Waals surface area contributed by atoms with Crippen LogP contribution in [0.4, 0.5) is 4.79 Å². The molecule has 0 spiro atoms. The van der Waals surface area contributed by atoms with Gasteiger partial charge in [0.2, 0.25) is 0 Å². The monoisotopic (exact) mass is 240 g/mol. The number of ether oxygens (including phenoxy) is 1. The number of nitrogens with zero attached hydrogens (tertiary/aromatic N) is 2. The highest BCUT2D eigenvalue weighted by Gasteiger charge is 2.35. The Balaban J connectivity index is 1.83. The van der Waals surface area contributed by atoms with Crippen LogP contribution in [-0.4, -0.2) is 42.0 Å². The first-order valence-corrected chi connectivity index (χ1v) is 6.11. The first kappa shape index (κ1) is 12.2. The average Bonchev–Trinajstić information content (AvgIpc) is 2.86. The lowest BCUT2D eigenvalue weighted by Crippen LogP contribution is -2.36. The summed E-state index contributed by atoms with van der Waals surface area (Å²) in [6.45, 7) is 7.10. The Morgan fingerprint density at radius 1 is 1.53 bits per heavy atom. The van der Waals surface area contributed by atoms with Gasteiger partial charge in [0, 0.05) is 31.6 Å². The van der Waals surface area contributed by atoms with Crippen LogP contribution in [-0.2, 0) is 9.57 Å². The van der Waals surface area contributed by atoms with Crippen LogP contribution in [0, 0.1) is 5.92 Å². The van der Waals surface area contributed by atoms with Gasteiger partial charge in [-0.2, -0.15) is 0 Å². The van der Waals surface area contributed by atoms with Gasteiger partial charge in [-0.25, -0.2) is 4.79 Å². The van der Waals surface area contributed by atoms with Crippen molar-refractivity contribution in [3.8, 4) is 0 Å². The van der Waals surface area contributed by atoms with Crippen molar-refractivity contribution < 1.29 is 14.4 Å². The number of carbonyl (C=O) groups excluding carboxylic acids is 1. The molecular formula is C12H20N2O3. The highest BCUT2D eigenvalue weighted by molar-refractivity contribution is 5.68. The van der Waals surface area contributed by atoms with Crippen LogP contribution in [0.15, 0.2) is 5.16 Å². The molecule has 5 nitrogen and oxygen atoms in total. The van der Waals surface area contributed by atoms with Crippen LogP contribution < -0.4 is 0 Å². The second-order valence-corrected chi connectivity index (χ2v) is 5.64. The van der Waals surface area contributed by atoms with E-state index in [1.54, 1.807) is 11.1 Å². The molecule has 2 atom stereocenters. The molecule has 0 aromatic heterocycles. The lowest BCUT2D eigenvalue weighted by Gasteiger charge is -2.24. The Hall–Kier alpha value is -1.26. The lowest BCUT2D eigenvalue weighted by atomic mass is 10.00. The van der Waals surface area contributed by atoms with Crippen molar-refractivity contribution in [2.24, 2.45) is 11.1 Å². The van der Waals surface area contributed by atoms with E-state index in [0.717, 1.165) is 19.4 Å². The van der Waals surface area contributed by atoms with Crippen molar-refractivity contribution in [3.05, 3.63) is 0 Å². The molecule has 2 heterocycles. The largest absolute Gasteiger partial charge is 0.444 e. The Bertz CT molecular complexity index is 314. The molecule has 0 radical (unpaired) electrons. The number of hydrogen-bond acceptors (Lipinski definition) is 4. The normalized spacial score (nSPS) is 28.3. The summed E-state index contributed by atoms with van der Waals surface area (Å²) in [7, 11) is 0. The summed E-state index contributed by atoms with van der Waals surface area (Å²) in [5, 5.41) is 3.78. The van der Waals surface area contributed by atoms with Gasteiger partial charge in [-0.15, -0.1) is 0 Å². The van der Waals surface area contributed by atoms with E-state index in [9.17, 15) is 4.79 Å². The predicted octanol–water partition coefficient (Wildman–Crippen LogP) is 2.02. The minimum absolute atomic E-state index is 0.141. The molecule has 2 unspecified atom stereocenters. The second-order valence-electron chi connectivity index (χ2n) is 5.64. The van der Waals surface area contributed by atoms with Gasteiger partial charge in [0.1, 0.15) is 11.7 Å². The zero-order valence-electron chi connectivity index (χ0n) is 10.7. The van der Waals surface area contributed by atoms with E-state index in [-0.39, 0.29) is 12.2 Å². The molecule has 2 aliphatic heterocycles. The first-order valence-electron chi connectivity index (χ1n) is 6.11. The molecule has 0 aromatic carbocycles. The third-order valence-corrected chi connectivity index (χ3v) is 3.01. The SMILES string of the molecule is CC(C)(C)OC(=O)N1CCC(C2CC=NO2)C1. The van der Waals surface area contributed by atoms with Gasteiger partial charge in [0.15, 0.2) is 0 Å². The van der Waals surface area contributed by atoms with Crippen molar-refractivity contribution in [2.75, 3.05) is 13.1 Å². The van der Waals surface area contributed by atoms with Gasteiger partial charge in [0.05, 0.1) is 0 Å². The third-order valence-electron chi connectivity index (χ3n) is 3.01. The Labute approximate surface area is 102 Å². The van der Waals surface area contributed by atoms with Gasteiger partial charge in [-0.1, -0.05) is 5.16 Å². The van der Waals surface area contributed by atoms with E-state index in [4.69, 9.17) is 9.57 Å². The maximum atomic E-state index is 11.9. The fourth-order valence-corrected chi connectivity index (χ4v) is 2.17. The van der Waals surface area contributed by atoms with Crippen molar-refractivity contribution in [3.63, 3.8) is 0 Å². The highest BCUT2D eigenvalue weighted by Crippen LogP contribution is 2.26. The maximum Gasteiger partial charge on any atom is 0.410 e. The Kier molecular flexibility index (Phi) is 3.26. The summed E-state index contributed by atoms with van der Waals surface area (Å²) in [5.41, 5.74) is -0.428. The fraction of sp³-hybridized carbons (Fsp3) is 0.833. The maximum absolute atomic E-state index is 11.9. The molecule has 5 heteroatoms. The van der Waals surface area contributed by atoms with Crippen LogP contribution in [0.25, 0.3) is 0 Å². The van der Waals surface area contributed by atoms with Gasteiger partial charge < -0.3 is 14.5 Å². The molecule has 17 heavy (non-hydrogen) atoms. The van der Waals surface area contributed by atoms with Gasteiger partial charge >= 0.3 is 6.09 Å². The summed E-state index contributed by atoms with van der Waals surface area (Å²) in [6, 6.07) is 0. The molecule has 1 amide bonds. The Morgan fingerprint density at radius 2 is 2.29 bits per heavy atom. The molecule has 96 valence electrons. The smallest absolute Gasteiger partial charge is 0.410 e. The minimum Gasteiger partial charge on any atom is -0.444 e. The molecule has 0 aromatic rings. The van der Waals surface area contributed by atoms with Crippen molar-refractivity contribution >= 4 is 12.3 Å². The molecule has 1 saturated heterocycles.